The van der Waals surface area contributed by atoms with E-state index in [4.69, 9.17) is 0 Å². The van der Waals surface area contributed by atoms with Gasteiger partial charge in [0.25, 0.3) is 5.69 Å². The van der Waals surface area contributed by atoms with Crippen LogP contribution in [-0.2, 0) is 4.79 Å². The summed E-state index contributed by atoms with van der Waals surface area (Å²) in [4.78, 5) is 22.8. The smallest absolute Gasteiger partial charge is 0.269 e. The van der Waals surface area contributed by atoms with Crippen molar-refractivity contribution in [1.82, 2.24) is 0 Å². The molecule has 2 aromatic carbocycles. The molecule has 1 N–H and O–H groups in total. The summed E-state index contributed by atoms with van der Waals surface area (Å²) in [6.45, 7) is 3.68. The molecule has 0 radical (unpaired) electrons. The van der Waals surface area contributed by atoms with E-state index in [9.17, 15) is 14.9 Å². The van der Waals surface area contributed by atoms with Crippen LogP contribution in [0.5, 0.6) is 0 Å². The molecule has 23 heavy (non-hydrogen) atoms. The predicted octanol–water partition coefficient (Wildman–Crippen LogP) is 4.36. The molecule has 0 bridgehead atoms. The minimum atomic E-state index is -0.421. The minimum absolute atomic E-state index is 0.0264. The summed E-state index contributed by atoms with van der Waals surface area (Å²) in [5.74, 6) is -0.174. The number of non-ortho nitro benzene ring substituents is 1. The SMILES string of the molecule is CCC(=O)[C@H](C)[C@@H](Nc1ccccc1)c1cccc([N+](=O)[O-])c1. The molecule has 0 spiro atoms. The average molecular weight is 312 g/mol. The summed E-state index contributed by atoms with van der Waals surface area (Å²) >= 11 is 0. The highest BCUT2D eigenvalue weighted by atomic mass is 16.6. The Hall–Kier alpha value is -2.69. The number of hydrogen-bond donors (Lipinski definition) is 1. The zero-order valence-corrected chi connectivity index (χ0v) is 13.2. The molecule has 0 saturated heterocycles. The number of nitro benzene ring substituents is 1. The molecule has 0 fully saturated rings. The first-order chi connectivity index (χ1) is 11.0. The summed E-state index contributed by atoms with van der Waals surface area (Å²) in [6.07, 6.45) is 0.434. The maximum atomic E-state index is 12.2. The van der Waals surface area contributed by atoms with Crippen molar-refractivity contribution in [3.8, 4) is 0 Å². The number of anilines is 1. The van der Waals surface area contributed by atoms with Crippen LogP contribution in [0.4, 0.5) is 11.4 Å². The molecule has 2 rings (SSSR count). The first-order valence-corrected chi connectivity index (χ1v) is 7.61. The number of nitrogens with zero attached hydrogens (tertiary/aromatic N) is 1. The van der Waals surface area contributed by atoms with Crippen LogP contribution in [0.3, 0.4) is 0 Å². The first-order valence-electron chi connectivity index (χ1n) is 7.61. The zero-order chi connectivity index (χ0) is 16.8. The van der Waals surface area contributed by atoms with Gasteiger partial charge in [-0.2, -0.15) is 0 Å². The number of carbonyl (C=O) groups is 1. The molecule has 0 aliphatic rings. The highest BCUT2D eigenvalue weighted by molar-refractivity contribution is 5.81. The molecular weight excluding hydrogens is 292 g/mol. The lowest BCUT2D eigenvalue weighted by atomic mass is 9.89. The van der Waals surface area contributed by atoms with Crippen LogP contribution in [0, 0.1) is 16.0 Å². The standard InChI is InChI=1S/C18H20N2O3/c1-3-17(21)13(2)18(19-15-9-5-4-6-10-15)14-8-7-11-16(12-14)20(22)23/h4-13,18-19H,3H2,1-2H3/t13-,18+/m0/s1. The number of carbonyl (C=O) groups excluding carboxylic acids is 1. The van der Waals surface area contributed by atoms with Crippen LogP contribution in [0.25, 0.3) is 0 Å². The van der Waals surface area contributed by atoms with Crippen molar-refractivity contribution >= 4 is 17.2 Å². The van der Waals surface area contributed by atoms with Crippen molar-refractivity contribution < 1.29 is 9.72 Å². The summed E-state index contributed by atoms with van der Waals surface area (Å²) in [5.41, 5.74) is 1.63. The Bertz CT molecular complexity index is 686. The van der Waals surface area contributed by atoms with Gasteiger partial charge in [-0.3, -0.25) is 14.9 Å². The maximum Gasteiger partial charge on any atom is 0.269 e. The third kappa shape index (κ3) is 4.16. The highest BCUT2D eigenvalue weighted by Gasteiger charge is 2.25. The second-order valence-corrected chi connectivity index (χ2v) is 5.45. The van der Waals surface area contributed by atoms with Crippen molar-refractivity contribution in [3.63, 3.8) is 0 Å². The fraction of sp³-hybridized carbons (Fsp3) is 0.278. The molecule has 0 heterocycles. The molecule has 0 aliphatic carbocycles. The van der Waals surface area contributed by atoms with Gasteiger partial charge in [0.2, 0.25) is 0 Å². The summed E-state index contributed by atoms with van der Waals surface area (Å²) in [6, 6.07) is 15.7. The molecule has 5 heteroatoms. The number of nitrogens with one attached hydrogen (secondary N) is 1. The second kappa shape index (κ2) is 7.54. The van der Waals surface area contributed by atoms with Gasteiger partial charge in [-0.15, -0.1) is 0 Å². The monoisotopic (exact) mass is 312 g/mol. The fourth-order valence-electron chi connectivity index (χ4n) is 2.55. The lowest BCUT2D eigenvalue weighted by molar-refractivity contribution is -0.384. The van der Waals surface area contributed by atoms with Gasteiger partial charge in [-0.1, -0.05) is 44.2 Å². The molecule has 0 unspecified atom stereocenters. The fourth-order valence-corrected chi connectivity index (χ4v) is 2.55. The van der Waals surface area contributed by atoms with E-state index < -0.39 is 4.92 Å². The Morgan fingerprint density at radius 1 is 1.17 bits per heavy atom. The van der Waals surface area contributed by atoms with Crippen LogP contribution in [0.15, 0.2) is 54.6 Å². The number of nitro groups is 1. The van der Waals surface area contributed by atoms with Crippen molar-refractivity contribution in [3.05, 3.63) is 70.3 Å². The zero-order valence-electron chi connectivity index (χ0n) is 13.2. The number of Topliss-reactive ketones (excluding diaryl/α,β-unsaturated/α-hetero) is 1. The molecular formula is C18H20N2O3. The Balaban J connectivity index is 2.38. The number of ketones is 1. The number of benzene rings is 2. The average Bonchev–Trinajstić information content (AvgIpc) is 2.59. The third-order valence-corrected chi connectivity index (χ3v) is 3.89. The van der Waals surface area contributed by atoms with E-state index in [2.05, 4.69) is 5.32 Å². The molecule has 0 saturated carbocycles. The van der Waals surface area contributed by atoms with Crippen molar-refractivity contribution in [1.29, 1.82) is 0 Å². The quantitative estimate of drug-likeness (QED) is 0.609. The molecule has 5 nitrogen and oxygen atoms in total. The Morgan fingerprint density at radius 2 is 1.87 bits per heavy atom. The van der Waals surface area contributed by atoms with Gasteiger partial charge < -0.3 is 5.32 Å². The van der Waals surface area contributed by atoms with E-state index in [-0.39, 0.29) is 23.4 Å². The molecule has 0 aliphatic heterocycles. The lowest BCUT2D eigenvalue weighted by Crippen LogP contribution is -2.25. The van der Waals surface area contributed by atoms with Gasteiger partial charge in [0.1, 0.15) is 5.78 Å². The first kappa shape index (κ1) is 16.7. The van der Waals surface area contributed by atoms with Gasteiger partial charge in [-0.25, -0.2) is 0 Å². The lowest BCUT2D eigenvalue weighted by Gasteiger charge is -2.25. The Labute approximate surface area is 135 Å². The van der Waals surface area contributed by atoms with Gasteiger partial charge in [-0.05, 0) is 17.7 Å². The van der Waals surface area contributed by atoms with Gasteiger partial charge in [0.05, 0.1) is 11.0 Å². The molecule has 2 aromatic rings. The van der Waals surface area contributed by atoms with E-state index >= 15 is 0 Å². The van der Waals surface area contributed by atoms with Crippen LogP contribution in [0.2, 0.25) is 0 Å². The summed E-state index contributed by atoms with van der Waals surface area (Å²) in [7, 11) is 0. The van der Waals surface area contributed by atoms with Crippen LogP contribution >= 0.6 is 0 Å². The normalized spacial score (nSPS) is 13.1. The van der Waals surface area contributed by atoms with E-state index in [1.165, 1.54) is 12.1 Å². The van der Waals surface area contributed by atoms with Gasteiger partial charge >= 0.3 is 0 Å². The third-order valence-electron chi connectivity index (χ3n) is 3.89. The van der Waals surface area contributed by atoms with E-state index in [0.717, 1.165) is 11.3 Å². The molecule has 120 valence electrons. The topological polar surface area (TPSA) is 72.2 Å². The minimum Gasteiger partial charge on any atom is -0.378 e. The van der Waals surface area contributed by atoms with Crippen LogP contribution in [-0.4, -0.2) is 10.7 Å². The van der Waals surface area contributed by atoms with E-state index in [0.29, 0.717) is 6.42 Å². The highest BCUT2D eigenvalue weighted by Crippen LogP contribution is 2.30. The Kier molecular flexibility index (Phi) is 5.46. The predicted molar refractivity (Wildman–Crippen MR) is 90.4 cm³/mol. The van der Waals surface area contributed by atoms with Crippen LogP contribution in [0.1, 0.15) is 31.9 Å². The maximum absolute atomic E-state index is 12.2. The summed E-state index contributed by atoms with van der Waals surface area (Å²) < 4.78 is 0. The van der Waals surface area contributed by atoms with Crippen molar-refractivity contribution in [2.75, 3.05) is 5.32 Å². The van der Waals surface area contributed by atoms with Crippen LogP contribution < -0.4 is 5.32 Å². The van der Waals surface area contributed by atoms with Gasteiger partial charge in [0, 0.05) is 30.2 Å². The molecule has 0 aromatic heterocycles. The van der Waals surface area contributed by atoms with E-state index in [1.807, 2.05) is 50.2 Å². The van der Waals surface area contributed by atoms with Gasteiger partial charge in [0.15, 0.2) is 0 Å². The number of hydrogen-bond acceptors (Lipinski definition) is 4. The largest absolute Gasteiger partial charge is 0.378 e. The summed E-state index contributed by atoms with van der Waals surface area (Å²) in [5, 5.41) is 14.3. The number of rotatable bonds is 7. The molecule has 2 atom stereocenters. The number of para-hydroxylation sites is 1. The van der Waals surface area contributed by atoms with E-state index in [1.54, 1.807) is 6.07 Å². The Morgan fingerprint density at radius 3 is 2.48 bits per heavy atom. The second-order valence-electron chi connectivity index (χ2n) is 5.45. The molecule has 0 amide bonds. The van der Waals surface area contributed by atoms with Crippen molar-refractivity contribution in [2.24, 2.45) is 5.92 Å². The van der Waals surface area contributed by atoms with Crippen molar-refractivity contribution in [2.45, 2.75) is 26.3 Å².